The number of benzene rings is 1. The molecule has 0 fully saturated rings. The molecule has 132 valence electrons. The fourth-order valence-corrected chi connectivity index (χ4v) is 2.77. The molecular weight excluding hydrogens is 320 g/mol. The zero-order valence-electron chi connectivity index (χ0n) is 15.0. The molecule has 0 aliphatic rings. The van der Waals surface area contributed by atoms with E-state index in [1.165, 1.54) is 12.0 Å². The molecule has 1 aromatic heterocycles. The van der Waals surface area contributed by atoms with Gasteiger partial charge in [-0.05, 0) is 38.5 Å². The van der Waals surface area contributed by atoms with Crippen molar-refractivity contribution in [1.29, 1.82) is 0 Å². The van der Waals surface area contributed by atoms with Crippen LogP contribution in [0.25, 0.3) is 0 Å². The fourth-order valence-electron chi connectivity index (χ4n) is 2.77. The lowest BCUT2D eigenvalue weighted by atomic mass is 9.99. The summed E-state index contributed by atoms with van der Waals surface area (Å²) >= 11 is 0. The van der Waals surface area contributed by atoms with Crippen LogP contribution in [0.15, 0.2) is 30.3 Å². The third-order valence-electron chi connectivity index (χ3n) is 4.37. The highest BCUT2D eigenvalue weighted by Gasteiger charge is 2.29. The molecule has 1 aromatic carbocycles. The number of hydrogen-bond acceptors (Lipinski definition) is 4. The maximum absolute atomic E-state index is 12.9. The van der Waals surface area contributed by atoms with Crippen LogP contribution in [-0.2, 0) is 4.74 Å². The smallest absolute Gasteiger partial charge is 0.354 e. The van der Waals surface area contributed by atoms with Crippen molar-refractivity contribution in [1.82, 2.24) is 9.88 Å². The first-order valence-electron chi connectivity index (χ1n) is 7.93. The second-order valence-corrected chi connectivity index (χ2v) is 5.94. The maximum Gasteiger partial charge on any atom is 0.354 e. The quantitative estimate of drug-likeness (QED) is 0.669. The van der Waals surface area contributed by atoms with Gasteiger partial charge >= 0.3 is 5.97 Å². The third kappa shape index (κ3) is 3.47. The van der Waals surface area contributed by atoms with Crippen LogP contribution in [0.2, 0.25) is 0 Å². The summed E-state index contributed by atoms with van der Waals surface area (Å²) in [6.45, 7) is 5.08. The topological polar surface area (TPSA) is 79.5 Å². The fraction of sp³-hybridized carbons (Fsp3) is 0.316. The SMILES string of the molecule is COC(=O)c1[nH]c(C)c(C(=O)[C@@H](C)N(C)C(=O)c2ccccc2)c1C. The zero-order valence-corrected chi connectivity index (χ0v) is 15.0. The van der Waals surface area contributed by atoms with Crippen LogP contribution in [0, 0.1) is 13.8 Å². The van der Waals surface area contributed by atoms with E-state index in [9.17, 15) is 14.4 Å². The molecule has 1 amide bonds. The van der Waals surface area contributed by atoms with Gasteiger partial charge in [0, 0.05) is 23.9 Å². The first-order valence-corrected chi connectivity index (χ1v) is 7.93. The number of aromatic amines is 1. The number of nitrogens with one attached hydrogen (secondary N) is 1. The van der Waals surface area contributed by atoms with Gasteiger partial charge in [0.2, 0.25) is 0 Å². The summed E-state index contributed by atoms with van der Waals surface area (Å²) in [7, 11) is 2.88. The van der Waals surface area contributed by atoms with Crippen molar-refractivity contribution in [2.24, 2.45) is 0 Å². The minimum absolute atomic E-state index is 0.229. The summed E-state index contributed by atoms with van der Waals surface area (Å²) in [6, 6.07) is 8.11. The number of esters is 1. The third-order valence-corrected chi connectivity index (χ3v) is 4.37. The predicted octanol–water partition coefficient (Wildman–Crippen LogP) is 2.76. The number of aryl methyl sites for hydroxylation is 1. The molecule has 6 heteroatoms. The summed E-state index contributed by atoms with van der Waals surface area (Å²) in [6.07, 6.45) is 0. The van der Waals surface area contributed by atoms with Gasteiger partial charge in [-0.2, -0.15) is 0 Å². The molecule has 0 bridgehead atoms. The second kappa shape index (κ2) is 7.34. The number of rotatable bonds is 5. The number of carbonyl (C=O) groups excluding carboxylic acids is 3. The molecule has 1 atom stereocenters. The summed E-state index contributed by atoms with van der Waals surface area (Å²) in [5.74, 6) is -0.991. The van der Waals surface area contributed by atoms with Crippen LogP contribution in [0.1, 0.15) is 49.4 Å². The van der Waals surface area contributed by atoms with Gasteiger partial charge in [0.1, 0.15) is 5.69 Å². The van der Waals surface area contributed by atoms with Gasteiger partial charge in [-0.15, -0.1) is 0 Å². The molecule has 0 saturated heterocycles. The molecule has 0 aliphatic carbocycles. The Morgan fingerprint density at radius 3 is 2.28 bits per heavy atom. The second-order valence-electron chi connectivity index (χ2n) is 5.94. The summed E-state index contributed by atoms with van der Waals surface area (Å²) < 4.78 is 4.72. The van der Waals surface area contributed by atoms with Crippen molar-refractivity contribution >= 4 is 17.7 Å². The van der Waals surface area contributed by atoms with Crippen LogP contribution >= 0.6 is 0 Å². The van der Waals surface area contributed by atoms with Crippen LogP contribution in [-0.4, -0.2) is 47.7 Å². The molecule has 25 heavy (non-hydrogen) atoms. The summed E-state index contributed by atoms with van der Waals surface area (Å²) in [5.41, 5.74) is 2.30. The minimum atomic E-state index is -0.675. The average Bonchev–Trinajstić information content (AvgIpc) is 2.93. The van der Waals surface area contributed by atoms with E-state index < -0.39 is 12.0 Å². The first-order chi connectivity index (χ1) is 11.8. The van der Waals surface area contributed by atoms with Crippen molar-refractivity contribution in [3.05, 3.63) is 58.4 Å². The number of aromatic nitrogens is 1. The number of carbonyl (C=O) groups is 3. The van der Waals surface area contributed by atoms with Crippen LogP contribution in [0.5, 0.6) is 0 Å². The van der Waals surface area contributed by atoms with E-state index in [2.05, 4.69) is 4.98 Å². The molecule has 0 saturated carbocycles. The highest BCUT2D eigenvalue weighted by Crippen LogP contribution is 2.22. The maximum atomic E-state index is 12.9. The number of ketones is 1. The summed E-state index contributed by atoms with van der Waals surface area (Å²) in [4.78, 5) is 41.6. The number of H-pyrrole nitrogens is 1. The molecule has 0 radical (unpaired) electrons. The van der Waals surface area contributed by atoms with E-state index in [0.717, 1.165) is 0 Å². The van der Waals surface area contributed by atoms with Gasteiger partial charge in [-0.3, -0.25) is 9.59 Å². The normalized spacial score (nSPS) is 11.7. The van der Waals surface area contributed by atoms with Gasteiger partial charge in [-0.25, -0.2) is 4.79 Å². The Kier molecular flexibility index (Phi) is 5.41. The largest absolute Gasteiger partial charge is 0.464 e. The predicted molar refractivity (Wildman–Crippen MR) is 93.9 cm³/mol. The number of likely N-dealkylation sites (N-methyl/N-ethyl adjacent to an activating group) is 1. The van der Waals surface area contributed by atoms with Crippen molar-refractivity contribution in [2.45, 2.75) is 26.8 Å². The number of ether oxygens (including phenoxy) is 1. The highest BCUT2D eigenvalue weighted by atomic mass is 16.5. The Morgan fingerprint density at radius 2 is 1.72 bits per heavy atom. The van der Waals surface area contributed by atoms with Gasteiger partial charge in [0.05, 0.1) is 13.2 Å². The van der Waals surface area contributed by atoms with E-state index in [1.54, 1.807) is 52.1 Å². The van der Waals surface area contributed by atoms with Crippen molar-refractivity contribution in [3.8, 4) is 0 Å². The van der Waals surface area contributed by atoms with E-state index in [0.29, 0.717) is 22.4 Å². The van der Waals surface area contributed by atoms with E-state index in [4.69, 9.17) is 4.74 Å². The molecule has 1 heterocycles. The number of nitrogens with zero attached hydrogens (tertiary/aromatic N) is 1. The number of Topliss-reactive ketones (excluding diaryl/α,β-unsaturated/α-hetero) is 1. The molecule has 2 aromatic rings. The molecule has 2 rings (SSSR count). The first kappa shape index (κ1) is 18.4. The van der Waals surface area contributed by atoms with Crippen LogP contribution in [0.4, 0.5) is 0 Å². The number of hydrogen-bond donors (Lipinski definition) is 1. The monoisotopic (exact) mass is 342 g/mol. The Hall–Kier alpha value is -2.89. The number of methoxy groups -OCH3 is 1. The average molecular weight is 342 g/mol. The molecule has 0 unspecified atom stereocenters. The van der Waals surface area contributed by atoms with Crippen molar-refractivity contribution in [2.75, 3.05) is 14.2 Å². The lowest BCUT2D eigenvalue weighted by Crippen LogP contribution is -2.40. The molecule has 0 spiro atoms. The lowest BCUT2D eigenvalue weighted by molar-refractivity contribution is 0.0593. The highest BCUT2D eigenvalue weighted by molar-refractivity contribution is 6.07. The van der Waals surface area contributed by atoms with Gasteiger partial charge in [-0.1, -0.05) is 18.2 Å². The molecule has 0 aliphatic heterocycles. The lowest BCUT2D eigenvalue weighted by Gasteiger charge is -2.24. The Morgan fingerprint density at radius 1 is 1.12 bits per heavy atom. The Labute approximate surface area is 146 Å². The number of amides is 1. The zero-order chi connectivity index (χ0) is 18.7. The Bertz CT molecular complexity index is 808. The van der Waals surface area contributed by atoms with E-state index in [1.807, 2.05) is 6.07 Å². The van der Waals surface area contributed by atoms with E-state index in [-0.39, 0.29) is 17.4 Å². The standard InChI is InChI=1S/C19H22N2O4/c1-11-15(12(2)20-16(11)19(24)25-5)17(22)13(3)21(4)18(23)14-9-7-6-8-10-14/h6-10,13,20H,1-5H3/t13-/m1/s1. The van der Waals surface area contributed by atoms with Crippen molar-refractivity contribution in [3.63, 3.8) is 0 Å². The molecule has 6 nitrogen and oxygen atoms in total. The Balaban J connectivity index is 2.30. The summed E-state index contributed by atoms with van der Waals surface area (Å²) in [5, 5.41) is 0. The van der Waals surface area contributed by atoms with Crippen LogP contribution in [0.3, 0.4) is 0 Å². The van der Waals surface area contributed by atoms with Gasteiger partial charge < -0.3 is 14.6 Å². The van der Waals surface area contributed by atoms with Crippen LogP contribution < -0.4 is 0 Å². The minimum Gasteiger partial charge on any atom is -0.464 e. The molecular formula is C19H22N2O4. The van der Waals surface area contributed by atoms with Gasteiger partial charge in [0.25, 0.3) is 5.91 Å². The van der Waals surface area contributed by atoms with E-state index >= 15 is 0 Å². The van der Waals surface area contributed by atoms with Crippen molar-refractivity contribution < 1.29 is 19.1 Å². The molecule has 1 N–H and O–H groups in total. The van der Waals surface area contributed by atoms with Gasteiger partial charge in [0.15, 0.2) is 5.78 Å².